The van der Waals surface area contributed by atoms with E-state index in [1.165, 1.54) is 0 Å². The van der Waals surface area contributed by atoms with Crippen LogP contribution in [0.25, 0.3) is 10.9 Å². The molecule has 4 nitrogen and oxygen atoms in total. The van der Waals surface area contributed by atoms with Gasteiger partial charge < -0.3 is 10.0 Å². The van der Waals surface area contributed by atoms with E-state index in [9.17, 15) is 9.90 Å². The number of aromatic nitrogens is 1. The summed E-state index contributed by atoms with van der Waals surface area (Å²) in [6.07, 6.45) is 1.60. The van der Waals surface area contributed by atoms with Crippen molar-refractivity contribution >= 4 is 22.5 Å². The number of carbonyl (C=O) groups excluding carboxylic acids is 1. The topological polar surface area (TPSA) is 53.4 Å². The van der Waals surface area contributed by atoms with Gasteiger partial charge in [0, 0.05) is 23.8 Å². The first kappa shape index (κ1) is 14.1. The summed E-state index contributed by atoms with van der Waals surface area (Å²) >= 11 is 0. The summed E-state index contributed by atoms with van der Waals surface area (Å²) in [5.41, 5.74) is 1.50. The zero-order valence-corrected chi connectivity index (χ0v) is 12.2. The number of rotatable bonds is 3. The molecule has 2 aromatic carbocycles. The molecule has 0 atom stereocenters. The van der Waals surface area contributed by atoms with Gasteiger partial charge in [0.2, 0.25) is 0 Å². The molecule has 22 heavy (non-hydrogen) atoms. The second-order valence-corrected chi connectivity index (χ2v) is 4.92. The van der Waals surface area contributed by atoms with E-state index in [0.717, 1.165) is 11.1 Å². The van der Waals surface area contributed by atoms with Crippen molar-refractivity contribution in [1.29, 1.82) is 0 Å². The third-order valence-electron chi connectivity index (χ3n) is 3.61. The minimum absolute atomic E-state index is 0.0718. The third-order valence-corrected chi connectivity index (χ3v) is 3.61. The lowest BCUT2D eigenvalue weighted by atomic mass is 10.1. The Labute approximate surface area is 128 Å². The second-order valence-electron chi connectivity index (χ2n) is 4.92. The van der Waals surface area contributed by atoms with E-state index in [2.05, 4.69) is 4.98 Å². The van der Waals surface area contributed by atoms with Gasteiger partial charge in [0.15, 0.2) is 5.75 Å². The molecule has 1 amide bonds. The first-order chi connectivity index (χ1) is 10.7. The quantitative estimate of drug-likeness (QED) is 0.802. The molecule has 0 aliphatic rings. The van der Waals surface area contributed by atoms with Crippen LogP contribution in [0.15, 0.2) is 60.8 Å². The molecule has 4 heteroatoms. The van der Waals surface area contributed by atoms with Gasteiger partial charge >= 0.3 is 0 Å². The Morgan fingerprint density at radius 1 is 1.09 bits per heavy atom. The molecule has 3 aromatic rings. The molecule has 0 saturated carbocycles. The predicted octanol–water partition coefficient (Wildman–Crippen LogP) is 3.61. The van der Waals surface area contributed by atoms with Crippen LogP contribution in [0.5, 0.6) is 5.75 Å². The van der Waals surface area contributed by atoms with Crippen molar-refractivity contribution in [2.24, 2.45) is 0 Å². The molecule has 0 fully saturated rings. The Hall–Kier alpha value is -2.88. The third kappa shape index (κ3) is 2.39. The number of hydrogen-bond donors (Lipinski definition) is 1. The van der Waals surface area contributed by atoms with Crippen LogP contribution in [0.3, 0.4) is 0 Å². The number of carbonyl (C=O) groups is 1. The van der Waals surface area contributed by atoms with Crippen LogP contribution in [-0.4, -0.2) is 22.5 Å². The normalized spacial score (nSPS) is 10.6. The van der Waals surface area contributed by atoms with Gasteiger partial charge in [-0.15, -0.1) is 0 Å². The van der Waals surface area contributed by atoms with Crippen LogP contribution in [0, 0.1) is 0 Å². The molecule has 0 radical (unpaired) electrons. The number of benzene rings is 2. The number of para-hydroxylation sites is 1. The maximum absolute atomic E-state index is 12.8. The fourth-order valence-corrected chi connectivity index (χ4v) is 2.50. The molecule has 110 valence electrons. The van der Waals surface area contributed by atoms with Gasteiger partial charge in [-0.2, -0.15) is 0 Å². The van der Waals surface area contributed by atoms with Crippen molar-refractivity contribution in [2.75, 3.05) is 11.4 Å². The maximum atomic E-state index is 12.8. The first-order valence-corrected chi connectivity index (χ1v) is 7.16. The smallest absolute Gasteiger partial charge is 0.262 e. The maximum Gasteiger partial charge on any atom is 0.262 e. The lowest BCUT2D eigenvalue weighted by Gasteiger charge is -2.21. The number of anilines is 1. The molecule has 0 bridgehead atoms. The summed E-state index contributed by atoms with van der Waals surface area (Å²) < 4.78 is 0. The highest BCUT2D eigenvalue weighted by Gasteiger charge is 2.20. The molecule has 0 aliphatic heterocycles. The van der Waals surface area contributed by atoms with Gasteiger partial charge in [0.05, 0.1) is 5.56 Å². The fraction of sp³-hybridized carbons (Fsp3) is 0.111. The molecule has 3 rings (SSSR count). The minimum Gasteiger partial charge on any atom is -0.505 e. The molecular formula is C18H16N2O2. The number of phenolic OH excluding ortho intramolecular Hbond substituents is 1. The van der Waals surface area contributed by atoms with Gasteiger partial charge in [-0.3, -0.25) is 9.78 Å². The number of phenols is 1. The first-order valence-electron chi connectivity index (χ1n) is 7.16. The Morgan fingerprint density at radius 2 is 1.86 bits per heavy atom. The van der Waals surface area contributed by atoms with E-state index in [1.807, 2.05) is 43.3 Å². The average Bonchev–Trinajstić information content (AvgIpc) is 2.57. The zero-order valence-electron chi connectivity index (χ0n) is 12.2. The van der Waals surface area contributed by atoms with Gasteiger partial charge in [-0.05, 0) is 31.2 Å². The molecule has 0 spiro atoms. The van der Waals surface area contributed by atoms with E-state index in [0.29, 0.717) is 12.1 Å². The van der Waals surface area contributed by atoms with Crippen molar-refractivity contribution < 1.29 is 9.90 Å². The van der Waals surface area contributed by atoms with Gasteiger partial charge in [0.1, 0.15) is 5.52 Å². The van der Waals surface area contributed by atoms with Crippen LogP contribution in [0.4, 0.5) is 5.69 Å². The van der Waals surface area contributed by atoms with E-state index >= 15 is 0 Å². The number of hydrogen-bond acceptors (Lipinski definition) is 3. The standard InChI is InChI=1S/C18H16N2O2/c1-2-20(14-8-4-3-5-9-14)18(22)15-11-10-13-7-6-12-19-16(13)17(15)21/h3-12,21H,2H2,1H3. The summed E-state index contributed by atoms with van der Waals surface area (Å²) in [7, 11) is 0. The van der Waals surface area contributed by atoms with Crippen molar-refractivity contribution in [3.63, 3.8) is 0 Å². The summed E-state index contributed by atoms with van der Waals surface area (Å²) in [4.78, 5) is 18.6. The monoisotopic (exact) mass is 292 g/mol. The van der Waals surface area contributed by atoms with E-state index in [1.54, 1.807) is 29.3 Å². The minimum atomic E-state index is -0.237. The van der Waals surface area contributed by atoms with Crippen LogP contribution >= 0.6 is 0 Å². The van der Waals surface area contributed by atoms with E-state index in [-0.39, 0.29) is 17.2 Å². The molecule has 1 heterocycles. The molecule has 1 aromatic heterocycles. The number of aromatic hydroxyl groups is 1. The number of amides is 1. The molecular weight excluding hydrogens is 276 g/mol. The highest BCUT2D eigenvalue weighted by atomic mass is 16.3. The molecule has 1 N–H and O–H groups in total. The summed E-state index contributed by atoms with van der Waals surface area (Å²) in [5, 5.41) is 11.2. The predicted molar refractivity (Wildman–Crippen MR) is 87.2 cm³/mol. The van der Waals surface area contributed by atoms with Crippen molar-refractivity contribution in [3.05, 3.63) is 66.4 Å². The fourth-order valence-electron chi connectivity index (χ4n) is 2.50. The van der Waals surface area contributed by atoms with Crippen molar-refractivity contribution in [1.82, 2.24) is 4.98 Å². The van der Waals surface area contributed by atoms with Crippen LogP contribution < -0.4 is 4.90 Å². The lowest BCUT2D eigenvalue weighted by molar-refractivity contribution is 0.0986. The second kappa shape index (κ2) is 5.85. The number of fused-ring (bicyclic) bond motifs is 1. The Bertz CT molecular complexity index is 816. The van der Waals surface area contributed by atoms with Crippen LogP contribution in [0.1, 0.15) is 17.3 Å². The number of nitrogens with zero attached hydrogens (tertiary/aromatic N) is 2. The SMILES string of the molecule is CCN(C(=O)c1ccc2cccnc2c1O)c1ccccc1. The van der Waals surface area contributed by atoms with Crippen LogP contribution in [-0.2, 0) is 0 Å². The van der Waals surface area contributed by atoms with Crippen molar-refractivity contribution in [3.8, 4) is 5.75 Å². The summed E-state index contributed by atoms with van der Waals surface area (Å²) in [6.45, 7) is 2.42. The van der Waals surface area contributed by atoms with Crippen molar-refractivity contribution in [2.45, 2.75) is 6.92 Å². The highest BCUT2D eigenvalue weighted by Crippen LogP contribution is 2.29. The van der Waals surface area contributed by atoms with E-state index < -0.39 is 0 Å². The Morgan fingerprint density at radius 3 is 2.59 bits per heavy atom. The zero-order chi connectivity index (χ0) is 15.5. The molecule has 0 aliphatic carbocycles. The van der Waals surface area contributed by atoms with Gasteiger partial charge in [0.25, 0.3) is 5.91 Å². The van der Waals surface area contributed by atoms with Crippen LogP contribution in [0.2, 0.25) is 0 Å². The highest BCUT2D eigenvalue weighted by molar-refractivity contribution is 6.10. The van der Waals surface area contributed by atoms with E-state index in [4.69, 9.17) is 0 Å². The Balaban J connectivity index is 2.06. The average molecular weight is 292 g/mol. The number of pyridine rings is 1. The largest absolute Gasteiger partial charge is 0.505 e. The lowest BCUT2D eigenvalue weighted by Crippen LogP contribution is -2.30. The van der Waals surface area contributed by atoms with Gasteiger partial charge in [-0.1, -0.05) is 30.3 Å². The Kier molecular flexibility index (Phi) is 3.74. The van der Waals surface area contributed by atoms with Gasteiger partial charge in [-0.25, -0.2) is 0 Å². The molecule has 0 saturated heterocycles. The molecule has 0 unspecified atom stereocenters. The summed E-state index contributed by atoms with van der Waals surface area (Å²) in [5.74, 6) is -0.309. The summed E-state index contributed by atoms with van der Waals surface area (Å²) in [6, 6.07) is 16.5.